The van der Waals surface area contributed by atoms with Crippen molar-refractivity contribution in [1.29, 1.82) is 5.26 Å². The highest BCUT2D eigenvalue weighted by atomic mass is 28.4. The normalized spacial score (nSPS) is 25.1. The van der Waals surface area contributed by atoms with E-state index < -0.39 is 40.2 Å². The standard InChI is InChI=1S/C22H39N3O5Si2/c1-14-16(29-31(8,9)21(2,3)4)17(30-32(10,11)22(5,6)7)19(28-14)25-13-15(12-23)18(26)24-20(25)27/h13-14,16-17,19H,1-11H3,(H,24,26,27)/t14-,16-,17-,19-/m1/s1. The Morgan fingerprint density at radius 1 is 1.00 bits per heavy atom. The number of nitriles is 1. The van der Waals surface area contributed by atoms with Crippen LogP contribution >= 0.6 is 0 Å². The third kappa shape index (κ3) is 5.17. The van der Waals surface area contributed by atoms with E-state index in [-0.39, 0.29) is 27.8 Å². The quantitative estimate of drug-likeness (QED) is 0.634. The molecule has 0 saturated carbocycles. The Labute approximate surface area is 193 Å². The molecule has 180 valence electrons. The highest BCUT2D eigenvalue weighted by Gasteiger charge is 2.53. The minimum Gasteiger partial charge on any atom is -0.409 e. The molecule has 0 bridgehead atoms. The molecule has 32 heavy (non-hydrogen) atoms. The zero-order valence-electron chi connectivity index (χ0n) is 21.3. The van der Waals surface area contributed by atoms with Crippen molar-refractivity contribution in [2.45, 2.75) is 109 Å². The molecule has 8 nitrogen and oxygen atoms in total. The Kier molecular flexibility index (Phi) is 7.26. The van der Waals surface area contributed by atoms with Gasteiger partial charge in [0.25, 0.3) is 5.56 Å². The second-order valence-electron chi connectivity index (χ2n) is 11.7. The maximum absolute atomic E-state index is 12.7. The number of nitrogens with one attached hydrogen (secondary N) is 1. The number of ether oxygens (including phenoxy) is 1. The fourth-order valence-electron chi connectivity index (χ4n) is 3.10. The first-order chi connectivity index (χ1) is 14.3. The predicted octanol–water partition coefficient (Wildman–Crippen LogP) is 4.11. The van der Waals surface area contributed by atoms with Crippen LogP contribution in [0, 0.1) is 11.3 Å². The summed E-state index contributed by atoms with van der Waals surface area (Å²) in [5, 5.41) is 9.22. The van der Waals surface area contributed by atoms with Crippen molar-refractivity contribution < 1.29 is 13.6 Å². The average Bonchev–Trinajstić information content (AvgIpc) is 2.88. The van der Waals surface area contributed by atoms with Gasteiger partial charge in [0.1, 0.15) is 23.8 Å². The molecule has 1 aliphatic heterocycles. The van der Waals surface area contributed by atoms with E-state index in [1.54, 1.807) is 0 Å². The number of aromatic amines is 1. The molecule has 2 heterocycles. The predicted molar refractivity (Wildman–Crippen MR) is 130 cm³/mol. The monoisotopic (exact) mass is 481 g/mol. The lowest BCUT2D eigenvalue weighted by Crippen LogP contribution is -2.53. The zero-order valence-corrected chi connectivity index (χ0v) is 23.3. The summed E-state index contributed by atoms with van der Waals surface area (Å²) in [7, 11) is -4.47. The van der Waals surface area contributed by atoms with Gasteiger partial charge in [-0.3, -0.25) is 14.3 Å². The smallest absolute Gasteiger partial charge is 0.330 e. The first kappa shape index (κ1) is 26.7. The SMILES string of the molecule is C[C@H]1O[C@@H](n2cc(C#N)c(=O)[nH]c2=O)[C@H](O[Si](C)(C)C(C)(C)C)[C@@H]1O[Si](C)(C)C(C)(C)C. The molecular formula is C22H39N3O5Si2. The summed E-state index contributed by atoms with van der Waals surface area (Å²) in [5.74, 6) is 0. The molecule has 0 radical (unpaired) electrons. The van der Waals surface area contributed by atoms with E-state index >= 15 is 0 Å². The molecule has 1 N–H and O–H groups in total. The Bertz CT molecular complexity index is 995. The minimum absolute atomic E-state index is 0.0187. The molecule has 10 heteroatoms. The summed E-state index contributed by atoms with van der Waals surface area (Å²) in [4.78, 5) is 26.9. The van der Waals surface area contributed by atoms with E-state index in [0.717, 1.165) is 0 Å². The van der Waals surface area contributed by atoms with E-state index in [0.29, 0.717) is 0 Å². The van der Waals surface area contributed by atoms with Crippen LogP contribution in [0.4, 0.5) is 0 Å². The second kappa shape index (κ2) is 8.68. The molecule has 0 aliphatic carbocycles. The lowest BCUT2D eigenvalue weighted by molar-refractivity contribution is -0.0312. The molecule has 0 spiro atoms. The molecule has 1 fully saturated rings. The highest BCUT2D eigenvalue weighted by Crippen LogP contribution is 2.45. The molecule has 1 aromatic rings. The first-order valence-corrected chi connectivity index (χ1v) is 16.9. The molecule has 1 aromatic heterocycles. The molecule has 1 saturated heterocycles. The van der Waals surface area contributed by atoms with Crippen LogP contribution in [0.2, 0.25) is 36.3 Å². The van der Waals surface area contributed by atoms with Crippen molar-refractivity contribution >= 4 is 16.6 Å². The molecule has 0 aromatic carbocycles. The largest absolute Gasteiger partial charge is 0.409 e. The van der Waals surface area contributed by atoms with E-state index in [4.69, 9.17) is 13.6 Å². The maximum atomic E-state index is 12.7. The number of nitrogens with zero attached hydrogens (tertiary/aromatic N) is 2. The third-order valence-corrected chi connectivity index (χ3v) is 16.2. The van der Waals surface area contributed by atoms with Gasteiger partial charge in [-0.05, 0) is 43.2 Å². The summed E-state index contributed by atoms with van der Waals surface area (Å²) in [5.41, 5.74) is -1.50. The van der Waals surface area contributed by atoms with Crippen molar-refractivity contribution in [3.05, 3.63) is 32.6 Å². The van der Waals surface area contributed by atoms with Gasteiger partial charge in [-0.2, -0.15) is 5.26 Å². The van der Waals surface area contributed by atoms with Crippen molar-refractivity contribution in [2.24, 2.45) is 0 Å². The van der Waals surface area contributed by atoms with Gasteiger partial charge in [0.2, 0.25) is 0 Å². The van der Waals surface area contributed by atoms with E-state index in [9.17, 15) is 14.9 Å². The summed E-state index contributed by atoms with van der Waals surface area (Å²) in [6.45, 7) is 23.5. The summed E-state index contributed by atoms with van der Waals surface area (Å²) in [6.07, 6.45) is -0.844. The van der Waals surface area contributed by atoms with Crippen LogP contribution in [-0.4, -0.2) is 44.5 Å². The van der Waals surface area contributed by atoms with Crippen LogP contribution in [0.25, 0.3) is 0 Å². The maximum Gasteiger partial charge on any atom is 0.330 e. The number of H-pyrrole nitrogens is 1. The van der Waals surface area contributed by atoms with Gasteiger partial charge < -0.3 is 13.6 Å². The first-order valence-electron chi connectivity index (χ1n) is 11.1. The summed E-state index contributed by atoms with van der Waals surface area (Å²) < 4.78 is 21.1. The second-order valence-corrected chi connectivity index (χ2v) is 21.3. The number of hydrogen-bond acceptors (Lipinski definition) is 6. The Balaban J connectivity index is 2.61. The van der Waals surface area contributed by atoms with Gasteiger partial charge in [0.05, 0.1) is 6.10 Å². The van der Waals surface area contributed by atoms with Gasteiger partial charge in [-0.25, -0.2) is 4.79 Å². The number of hydrogen-bond donors (Lipinski definition) is 1. The van der Waals surface area contributed by atoms with Crippen molar-refractivity contribution in [2.75, 3.05) is 0 Å². The van der Waals surface area contributed by atoms with Crippen LogP contribution in [0.15, 0.2) is 15.8 Å². The third-order valence-electron chi connectivity index (χ3n) is 7.26. The Hall–Kier alpha value is -1.52. The Morgan fingerprint density at radius 2 is 1.47 bits per heavy atom. The number of rotatable bonds is 5. The van der Waals surface area contributed by atoms with Crippen LogP contribution in [-0.2, 0) is 13.6 Å². The number of aromatic nitrogens is 2. The van der Waals surface area contributed by atoms with Crippen LogP contribution < -0.4 is 11.2 Å². The van der Waals surface area contributed by atoms with Gasteiger partial charge in [-0.15, -0.1) is 0 Å². The molecular weight excluding hydrogens is 442 g/mol. The van der Waals surface area contributed by atoms with E-state index in [1.165, 1.54) is 10.8 Å². The van der Waals surface area contributed by atoms with Crippen LogP contribution in [0.3, 0.4) is 0 Å². The fourth-order valence-corrected chi connectivity index (χ4v) is 5.75. The minimum atomic E-state index is -2.28. The van der Waals surface area contributed by atoms with E-state index in [2.05, 4.69) is 72.7 Å². The van der Waals surface area contributed by atoms with Crippen molar-refractivity contribution in [3.63, 3.8) is 0 Å². The Morgan fingerprint density at radius 3 is 1.91 bits per heavy atom. The topological polar surface area (TPSA) is 106 Å². The molecule has 0 unspecified atom stereocenters. The summed E-state index contributed by atoms with van der Waals surface area (Å²) >= 11 is 0. The fraction of sp³-hybridized carbons (Fsp3) is 0.773. The molecule has 0 amide bonds. The van der Waals surface area contributed by atoms with Crippen molar-refractivity contribution in [3.8, 4) is 6.07 Å². The lowest BCUT2D eigenvalue weighted by atomic mass is 10.1. The van der Waals surface area contributed by atoms with Gasteiger partial charge in [-0.1, -0.05) is 41.5 Å². The molecule has 4 atom stereocenters. The summed E-state index contributed by atoms with van der Waals surface area (Å²) in [6, 6.07) is 1.84. The lowest BCUT2D eigenvalue weighted by Gasteiger charge is -2.44. The average molecular weight is 482 g/mol. The van der Waals surface area contributed by atoms with Crippen molar-refractivity contribution in [1.82, 2.24) is 9.55 Å². The van der Waals surface area contributed by atoms with Crippen LogP contribution in [0.1, 0.15) is 60.3 Å². The molecule has 2 rings (SSSR count). The molecule has 1 aliphatic rings. The van der Waals surface area contributed by atoms with E-state index in [1.807, 2.05) is 13.0 Å². The van der Waals surface area contributed by atoms with Crippen LogP contribution in [0.5, 0.6) is 0 Å². The van der Waals surface area contributed by atoms with Gasteiger partial charge in [0, 0.05) is 6.20 Å². The van der Waals surface area contributed by atoms with Gasteiger partial charge in [0.15, 0.2) is 22.9 Å². The zero-order chi connectivity index (χ0) is 24.9. The highest BCUT2D eigenvalue weighted by molar-refractivity contribution is 6.74. The van der Waals surface area contributed by atoms with Gasteiger partial charge >= 0.3 is 5.69 Å².